The summed E-state index contributed by atoms with van der Waals surface area (Å²) in [5.41, 5.74) is 4.05. The number of carbonyl (C=O) groups excluding carboxylic acids is 1. The molecule has 192 valence electrons. The number of unbranched alkanes of at least 4 members (excludes halogenated alkanes) is 2. The SMILES string of the molecule is CNc1ccc(SCCCCCC2CC2)cc1.CSN(C)c1ccc(N2CCNCC2)cc1C=O. The van der Waals surface area contributed by atoms with Gasteiger partial charge in [-0.3, -0.25) is 4.79 Å². The van der Waals surface area contributed by atoms with Crippen LogP contribution in [0.5, 0.6) is 0 Å². The van der Waals surface area contributed by atoms with Crippen molar-refractivity contribution < 1.29 is 4.79 Å². The van der Waals surface area contributed by atoms with Gasteiger partial charge in [-0.1, -0.05) is 44.1 Å². The van der Waals surface area contributed by atoms with E-state index in [1.165, 1.54) is 54.9 Å². The molecule has 1 saturated heterocycles. The number of hydrogen-bond donors (Lipinski definition) is 2. The maximum absolute atomic E-state index is 11.2. The molecular weight excluding hydrogens is 472 g/mol. The first-order valence-electron chi connectivity index (χ1n) is 12.9. The minimum atomic E-state index is 0.753. The average molecular weight is 515 g/mol. The van der Waals surface area contributed by atoms with Gasteiger partial charge in [0.05, 0.1) is 5.69 Å². The van der Waals surface area contributed by atoms with Crippen LogP contribution >= 0.6 is 23.7 Å². The van der Waals surface area contributed by atoms with Crippen molar-refractivity contribution in [1.29, 1.82) is 0 Å². The third-order valence-electron chi connectivity index (χ3n) is 6.60. The van der Waals surface area contributed by atoms with E-state index in [9.17, 15) is 4.79 Å². The van der Waals surface area contributed by atoms with Crippen molar-refractivity contribution in [2.45, 2.75) is 43.4 Å². The van der Waals surface area contributed by atoms with E-state index in [4.69, 9.17) is 0 Å². The first-order chi connectivity index (χ1) is 17.1. The molecular formula is C28H42N4OS2. The third-order valence-corrected chi connectivity index (χ3v) is 8.44. The van der Waals surface area contributed by atoms with Gasteiger partial charge in [0.2, 0.25) is 0 Å². The molecule has 2 aromatic rings. The van der Waals surface area contributed by atoms with Crippen LogP contribution in [0.25, 0.3) is 0 Å². The fourth-order valence-corrected chi connectivity index (χ4v) is 5.44. The molecule has 7 heteroatoms. The molecule has 0 aromatic heterocycles. The lowest BCUT2D eigenvalue weighted by Gasteiger charge is -2.30. The summed E-state index contributed by atoms with van der Waals surface area (Å²) >= 11 is 3.59. The van der Waals surface area contributed by atoms with Crippen LogP contribution in [0.1, 0.15) is 48.9 Å². The Morgan fingerprint density at radius 1 is 1.09 bits per heavy atom. The van der Waals surface area contributed by atoms with E-state index in [-0.39, 0.29) is 0 Å². The van der Waals surface area contributed by atoms with E-state index in [2.05, 4.69) is 45.9 Å². The molecule has 0 bridgehead atoms. The lowest BCUT2D eigenvalue weighted by Crippen LogP contribution is -2.43. The van der Waals surface area contributed by atoms with Gasteiger partial charge in [-0.2, -0.15) is 0 Å². The van der Waals surface area contributed by atoms with E-state index in [0.717, 1.165) is 55.3 Å². The highest BCUT2D eigenvalue weighted by molar-refractivity contribution is 8.00. The molecule has 1 aliphatic carbocycles. The monoisotopic (exact) mass is 514 g/mol. The Kier molecular flexibility index (Phi) is 12.1. The Hall–Kier alpha value is -1.83. The Balaban J connectivity index is 0.000000196. The number of aldehydes is 1. The van der Waals surface area contributed by atoms with Crippen molar-refractivity contribution in [3.63, 3.8) is 0 Å². The lowest BCUT2D eigenvalue weighted by atomic mass is 10.1. The molecule has 1 heterocycles. The van der Waals surface area contributed by atoms with E-state index < -0.39 is 0 Å². The number of piperazine rings is 1. The molecule has 1 saturated carbocycles. The van der Waals surface area contributed by atoms with Crippen molar-refractivity contribution in [3.8, 4) is 0 Å². The number of hydrogen-bond acceptors (Lipinski definition) is 7. The largest absolute Gasteiger partial charge is 0.388 e. The van der Waals surface area contributed by atoms with E-state index >= 15 is 0 Å². The summed E-state index contributed by atoms with van der Waals surface area (Å²) in [5, 5.41) is 6.47. The number of thioether (sulfide) groups is 1. The molecule has 0 unspecified atom stereocenters. The number of nitrogens with one attached hydrogen (secondary N) is 2. The summed E-state index contributed by atoms with van der Waals surface area (Å²) in [4.78, 5) is 14.9. The highest BCUT2D eigenvalue weighted by Crippen LogP contribution is 2.34. The predicted molar refractivity (Wildman–Crippen MR) is 157 cm³/mol. The molecule has 2 aliphatic rings. The molecule has 0 amide bonds. The second-order valence-corrected chi connectivity index (χ2v) is 11.3. The molecule has 0 atom stereocenters. The van der Waals surface area contributed by atoms with E-state index in [0.29, 0.717) is 0 Å². The number of anilines is 3. The predicted octanol–water partition coefficient (Wildman–Crippen LogP) is 6.41. The number of carbonyl (C=O) groups is 1. The lowest BCUT2D eigenvalue weighted by molar-refractivity contribution is 0.112. The standard InChI is InChI=1S/C15H23NS.C13H19N3OS/c1-16-14-8-10-15(11-9-14)17-12-4-2-3-5-13-6-7-13;1-15(18-2)13-4-3-12(9-11(13)10-17)16-7-5-14-6-8-16/h8-11,13,16H,2-7,12H2,1H3;3-4,9-10,14H,5-8H2,1-2H3. The molecule has 0 spiro atoms. The smallest absolute Gasteiger partial charge is 0.152 e. The van der Waals surface area contributed by atoms with E-state index in [1.807, 2.05) is 48.6 Å². The molecule has 5 nitrogen and oxygen atoms in total. The molecule has 35 heavy (non-hydrogen) atoms. The molecule has 0 radical (unpaired) electrons. The number of rotatable bonds is 12. The maximum Gasteiger partial charge on any atom is 0.152 e. The van der Waals surface area contributed by atoms with Gasteiger partial charge in [-0.15, -0.1) is 11.8 Å². The average Bonchev–Trinajstić information content (AvgIpc) is 3.75. The molecule has 2 aromatic carbocycles. The van der Waals surface area contributed by atoms with Gasteiger partial charge >= 0.3 is 0 Å². The second-order valence-electron chi connectivity index (χ2n) is 9.19. The summed E-state index contributed by atoms with van der Waals surface area (Å²) in [7, 11) is 3.93. The van der Waals surface area contributed by atoms with Crippen molar-refractivity contribution in [2.75, 3.05) is 66.8 Å². The van der Waals surface area contributed by atoms with Crippen LogP contribution in [0, 0.1) is 5.92 Å². The first kappa shape index (κ1) is 27.8. The normalized spacial score (nSPS) is 15.2. The first-order valence-corrected chi connectivity index (χ1v) is 15.0. The van der Waals surface area contributed by atoms with Crippen molar-refractivity contribution in [3.05, 3.63) is 48.0 Å². The van der Waals surface area contributed by atoms with Gasteiger partial charge < -0.3 is 19.8 Å². The van der Waals surface area contributed by atoms with E-state index in [1.54, 1.807) is 11.9 Å². The quantitative estimate of drug-likeness (QED) is 0.147. The highest BCUT2D eigenvalue weighted by Gasteiger charge is 2.19. The fourth-order valence-electron chi connectivity index (χ4n) is 4.17. The van der Waals surface area contributed by atoms with Gasteiger partial charge in [0, 0.05) is 68.4 Å². The Bertz CT molecular complexity index is 883. The van der Waals surface area contributed by atoms with Crippen LogP contribution in [-0.2, 0) is 0 Å². The molecule has 2 N–H and O–H groups in total. The summed E-state index contributed by atoms with van der Waals surface area (Å²) in [5.74, 6) is 2.38. The van der Waals surface area contributed by atoms with Crippen LogP contribution in [-0.4, -0.2) is 58.6 Å². The minimum Gasteiger partial charge on any atom is -0.388 e. The van der Waals surface area contributed by atoms with Crippen LogP contribution in [0.15, 0.2) is 47.4 Å². The van der Waals surface area contributed by atoms with Crippen molar-refractivity contribution in [1.82, 2.24) is 5.32 Å². The van der Waals surface area contributed by atoms with Crippen LogP contribution < -0.4 is 19.8 Å². The van der Waals surface area contributed by atoms with Gasteiger partial charge in [0.1, 0.15) is 0 Å². The number of benzene rings is 2. The zero-order valence-electron chi connectivity index (χ0n) is 21.6. The zero-order valence-corrected chi connectivity index (χ0v) is 23.2. The fraction of sp³-hybridized carbons (Fsp3) is 0.536. The van der Waals surface area contributed by atoms with Gasteiger partial charge in [0.25, 0.3) is 0 Å². The molecule has 4 rings (SSSR count). The molecule has 2 fully saturated rings. The number of nitrogens with zero attached hydrogens (tertiary/aromatic N) is 2. The van der Waals surface area contributed by atoms with Crippen LogP contribution in [0.3, 0.4) is 0 Å². The minimum absolute atomic E-state index is 0.753. The summed E-state index contributed by atoms with van der Waals surface area (Å²) < 4.78 is 2.01. The summed E-state index contributed by atoms with van der Waals surface area (Å²) in [6.45, 7) is 4.00. The summed E-state index contributed by atoms with van der Waals surface area (Å²) in [6.07, 6.45) is 11.7. The van der Waals surface area contributed by atoms with Gasteiger partial charge in [0.15, 0.2) is 6.29 Å². The van der Waals surface area contributed by atoms with Crippen LogP contribution in [0.4, 0.5) is 17.1 Å². The second kappa shape index (κ2) is 15.3. The Morgan fingerprint density at radius 2 is 1.83 bits per heavy atom. The topological polar surface area (TPSA) is 47.6 Å². The highest BCUT2D eigenvalue weighted by atomic mass is 32.2. The van der Waals surface area contributed by atoms with Crippen LogP contribution in [0.2, 0.25) is 0 Å². The molecule has 1 aliphatic heterocycles. The summed E-state index contributed by atoms with van der Waals surface area (Å²) in [6, 6.07) is 14.8. The third kappa shape index (κ3) is 9.62. The van der Waals surface area contributed by atoms with Gasteiger partial charge in [-0.05, 0) is 60.6 Å². The zero-order chi connectivity index (χ0) is 24.9. The van der Waals surface area contributed by atoms with Gasteiger partial charge in [-0.25, -0.2) is 0 Å². The Labute approximate surface area is 220 Å². The van der Waals surface area contributed by atoms with Crippen molar-refractivity contribution >= 4 is 47.1 Å². The Morgan fingerprint density at radius 3 is 2.46 bits per heavy atom. The van der Waals surface area contributed by atoms with Crippen molar-refractivity contribution in [2.24, 2.45) is 5.92 Å². The maximum atomic E-state index is 11.2.